The SMILES string of the molecule is CCCCC(CC)CC(NCCC)c1ccc(Cl)s1. The summed E-state index contributed by atoms with van der Waals surface area (Å²) < 4.78 is 0.903. The fourth-order valence-corrected chi connectivity index (χ4v) is 3.60. The molecular weight excluding hydrogens is 274 g/mol. The third-order valence-electron chi connectivity index (χ3n) is 3.69. The summed E-state index contributed by atoms with van der Waals surface area (Å²) in [4.78, 5) is 1.40. The van der Waals surface area contributed by atoms with Crippen molar-refractivity contribution in [3.63, 3.8) is 0 Å². The van der Waals surface area contributed by atoms with Crippen LogP contribution in [0.15, 0.2) is 12.1 Å². The summed E-state index contributed by atoms with van der Waals surface area (Å²) in [5.41, 5.74) is 0. The number of hydrogen-bond acceptors (Lipinski definition) is 2. The number of nitrogens with one attached hydrogen (secondary N) is 1. The number of hydrogen-bond donors (Lipinski definition) is 1. The molecule has 1 heterocycles. The Kier molecular flexibility index (Phi) is 8.76. The van der Waals surface area contributed by atoms with Crippen molar-refractivity contribution in [2.24, 2.45) is 5.92 Å². The maximum atomic E-state index is 6.08. The summed E-state index contributed by atoms with van der Waals surface area (Å²) in [5.74, 6) is 0.829. The molecule has 0 bridgehead atoms. The second kappa shape index (κ2) is 9.79. The maximum absolute atomic E-state index is 6.08. The van der Waals surface area contributed by atoms with E-state index in [2.05, 4.69) is 32.2 Å². The van der Waals surface area contributed by atoms with Gasteiger partial charge < -0.3 is 5.32 Å². The van der Waals surface area contributed by atoms with Gasteiger partial charge in [-0.15, -0.1) is 11.3 Å². The highest BCUT2D eigenvalue weighted by atomic mass is 35.5. The van der Waals surface area contributed by atoms with Crippen LogP contribution in [0.2, 0.25) is 4.34 Å². The van der Waals surface area contributed by atoms with Crippen molar-refractivity contribution in [1.29, 1.82) is 0 Å². The largest absolute Gasteiger partial charge is 0.309 e. The molecule has 0 radical (unpaired) electrons. The topological polar surface area (TPSA) is 12.0 Å². The molecule has 0 saturated heterocycles. The lowest BCUT2D eigenvalue weighted by atomic mass is 9.91. The number of unbranched alkanes of at least 4 members (excludes halogenated alkanes) is 1. The molecule has 0 spiro atoms. The van der Waals surface area contributed by atoms with E-state index in [1.54, 1.807) is 11.3 Å². The van der Waals surface area contributed by atoms with Gasteiger partial charge in [0.15, 0.2) is 0 Å². The van der Waals surface area contributed by atoms with E-state index in [4.69, 9.17) is 11.6 Å². The minimum Gasteiger partial charge on any atom is -0.309 e. The molecule has 0 aromatic carbocycles. The molecule has 2 unspecified atom stereocenters. The van der Waals surface area contributed by atoms with Crippen LogP contribution in [0.1, 0.15) is 70.2 Å². The smallest absolute Gasteiger partial charge is 0.0931 e. The molecule has 3 heteroatoms. The van der Waals surface area contributed by atoms with Crippen molar-refractivity contribution in [3.8, 4) is 0 Å². The zero-order valence-electron chi connectivity index (χ0n) is 12.5. The van der Waals surface area contributed by atoms with E-state index in [1.165, 1.54) is 43.4 Å². The van der Waals surface area contributed by atoms with Crippen molar-refractivity contribution in [2.45, 2.75) is 65.3 Å². The highest BCUT2D eigenvalue weighted by Gasteiger charge is 2.17. The molecule has 1 nitrogen and oxygen atoms in total. The fourth-order valence-electron chi connectivity index (χ4n) is 2.45. The first-order valence-electron chi connectivity index (χ1n) is 7.69. The summed E-state index contributed by atoms with van der Waals surface area (Å²) >= 11 is 7.81. The van der Waals surface area contributed by atoms with Crippen LogP contribution in [-0.2, 0) is 0 Å². The second-order valence-electron chi connectivity index (χ2n) is 5.30. The summed E-state index contributed by atoms with van der Waals surface area (Å²) in [5, 5.41) is 3.69. The molecular formula is C16H28ClNS. The molecule has 0 aliphatic rings. The Hall–Kier alpha value is -0.0500. The molecule has 1 N–H and O–H groups in total. The number of rotatable bonds is 10. The van der Waals surface area contributed by atoms with Gasteiger partial charge >= 0.3 is 0 Å². The van der Waals surface area contributed by atoms with Gasteiger partial charge in [-0.3, -0.25) is 0 Å². The van der Waals surface area contributed by atoms with Gasteiger partial charge in [0.1, 0.15) is 0 Å². The van der Waals surface area contributed by atoms with E-state index in [0.717, 1.165) is 16.8 Å². The predicted octanol–water partition coefficient (Wildman–Crippen LogP) is 6.05. The highest BCUT2D eigenvalue weighted by molar-refractivity contribution is 7.16. The zero-order chi connectivity index (χ0) is 14.1. The number of thiophene rings is 1. The third kappa shape index (κ3) is 6.29. The molecule has 1 rings (SSSR count). The van der Waals surface area contributed by atoms with Gasteiger partial charge in [-0.2, -0.15) is 0 Å². The summed E-state index contributed by atoms with van der Waals surface area (Å²) in [6, 6.07) is 4.70. The maximum Gasteiger partial charge on any atom is 0.0931 e. The third-order valence-corrected chi connectivity index (χ3v) is 5.04. The summed E-state index contributed by atoms with van der Waals surface area (Å²) in [7, 11) is 0. The number of halogens is 1. The molecule has 0 fully saturated rings. The molecule has 0 aliphatic heterocycles. The average molecular weight is 302 g/mol. The van der Waals surface area contributed by atoms with E-state index >= 15 is 0 Å². The van der Waals surface area contributed by atoms with Crippen molar-refractivity contribution < 1.29 is 0 Å². The minimum atomic E-state index is 0.485. The normalized spacial score (nSPS) is 14.5. The molecule has 0 aliphatic carbocycles. The zero-order valence-corrected chi connectivity index (χ0v) is 14.1. The Morgan fingerprint density at radius 3 is 2.53 bits per heavy atom. The summed E-state index contributed by atoms with van der Waals surface area (Å²) in [6.07, 6.45) is 7.72. The monoisotopic (exact) mass is 301 g/mol. The van der Waals surface area contributed by atoms with Crippen molar-refractivity contribution in [2.75, 3.05) is 6.54 Å². The van der Waals surface area contributed by atoms with Crippen LogP contribution in [0, 0.1) is 5.92 Å². The van der Waals surface area contributed by atoms with E-state index in [-0.39, 0.29) is 0 Å². The van der Waals surface area contributed by atoms with Crippen LogP contribution in [0.4, 0.5) is 0 Å². The van der Waals surface area contributed by atoms with E-state index < -0.39 is 0 Å². The van der Waals surface area contributed by atoms with Crippen LogP contribution in [-0.4, -0.2) is 6.54 Å². The lowest BCUT2D eigenvalue weighted by Gasteiger charge is -2.23. The van der Waals surface area contributed by atoms with Gasteiger partial charge in [0.25, 0.3) is 0 Å². The van der Waals surface area contributed by atoms with Gasteiger partial charge in [0.05, 0.1) is 4.34 Å². The van der Waals surface area contributed by atoms with Gasteiger partial charge in [-0.25, -0.2) is 0 Å². The second-order valence-corrected chi connectivity index (χ2v) is 7.05. The van der Waals surface area contributed by atoms with Crippen LogP contribution in [0.25, 0.3) is 0 Å². The molecule has 2 atom stereocenters. The van der Waals surface area contributed by atoms with Crippen molar-refractivity contribution in [3.05, 3.63) is 21.3 Å². The van der Waals surface area contributed by atoms with E-state index in [1.807, 2.05) is 6.07 Å². The van der Waals surface area contributed by atoms with Crippen molar-refractivity contribution >= 4 is 22.9 Å². The molecule has 110 valence electrons. The first-order chi connectivity index (χ1) is 9.21. The van der Waals surface area contributed by atoms with Gasteiger partial charge in [0, 0.05) is 10.9 Å². The molecule has 19 heavy (non-hydrogen) atoms. The van der Waals surface area contributed by atoms with Crippen LogP contribution >= 0.6 is 22.9 Å². The van der Waals surface area contributed by atoms with Crippen molar-refractivity contribution in [1.82, 2.24) is 5.32 Å². The van der Waals surface area contributed by atoms with Gasteiger partial charge in [0.2, 0.25) is 0 Å². The molecule has 0 saturated carbocycles. The van der Waals surface area contributed by atoms with E-state index in [9.17, 15) is 0 Å². The summed E-state index contributed by atoms with van der Waals surface area (Å²) in [6.45, 7) is 7.90. The highest BCUT2D eigenvalue weighted by Crippen LogP contribution is 2.32. The Morgan fingerprint density at radius 2 is 2.00 bits per heavy atom. The lowest BCUT2D eigenvalue weighted by molar-refractivity contribution is 0.356. The molecule has 0 amide bonds. The van der Waals surface area contributed by atoms with Crippen LogP contribution in [0.5, 0.6) is 0 Å². The van der Waals surface area contributed by atoms with Gasteiger partial charge in [-0.1, -0.05) is 58.1 Å². The fraction of sp³-hybridized carbons (Fsp3) is 0.750. The minimum absolute atomic E-state index is 0.485. The Labute approximate surface area is 127 Å². The Balaban J connectivity index is 2.62. The Bertz CT molecular complexity index is 337. The first kappa shape index (κ1) is 17.0. The quantitative estimate of drug-likeness (QED) is 0.555. The Morgan fingerprint density at radius 1 is 1.21 bits per heavy atom. The standard InChI is InChI=1S/C16H28ClNS/c1-4-7-8-13(6-3)12-14(18-11-5-2)15-9-10-16(17)19-15/h9-10,13-14,18H,4-8,11-12H2,1-3H3. The van der Waals surface area contributed by atoms with Gasteiger partial charge in [-0.05, 0) is 37.4 Å². The predicted molar refractivity (Wildman–Crippen MR) is 88.3 cm³/mol. The first-order valence-corrected chi connectivity index (χ1v) is 8.89. The van der Waals surface area contributed by atoms with Crippen LogP contribution < -0.4 is 5.32 Å². The average Bonchev–Trinajstić information content (AvgIpc) is 2.84. The molecule has 1 aromatic rings. The lowest BCUT2D eigenvalue weighted by Crippen LogP contribution is -2.23. The van der Waals surface area contributed by atoms with Crippen LogP contribution in [0.3, 0.4) is 0 Å². The molecule has 1 aromatic heterocycles. The van der Waals surface area contributed by atoms with E-state index in [0.29, 0.717) is 6.04 Å².